The van der Waals surface area contributed by atoms with Crippen LogP contribution < -0.4 is 10.1 Å². The fourth-order valence-electron chi connectivity index (χ4n) is 3.30. The summed E-state index contributed by atoms with van der Waals surface area (Å²) in [5.74, 6) is 1.31. The molecule has 6 nitrogen and oxygen atoms in total. The van der Waals surface area contributed by atoms with Crippen molar-refractivity contribution in [2.75, 3.05) is 12.4 Å². The third kappa shape index (κ3) is 5.38. The van der Waals surface area contributed by atoms with Crippen LogP contribution in [0.4, 0.5) is 5.69 Å². The number of carbonyl (C=O) groups is 1. The van der Waals surface area contributed by atoms with E-state index in [9.17, 15) is 4.79 Å². The molecular weight excluding hydrogens is 456 g/mol. The second-order valence-electron chi connectivity index (χ2n) is 7.47. The normalized spacial score (nSPS) is 11.8. The highest BCUT2D eigenvalue weighted by Crippen LogP contribution is 2.31. The summed E-state index contributed by atoms with van der Waals surface area (Å²) in [5.41, 5.74) is 3.60. The Hall–Kier alpha value is -3.29. The van der Waals surface area contributed by atoms with Crippen LogP contribution in [0, 0.1) is 6.92 Å². The van der Waals surface area contributed by atoms with Gasteiger partial charge in [0.15, 0.2) is 11.0 Å². The molecule has 1 heterocycles. The zero-order valence-electron chi connectivity index (χ0n) is 18.4. The fraction of sp³-hybridized carbons (Fsp3) is 0.160. The minimum absolute atomic E-state index is 0.149. The van der Waals surface area contributed by atoms with Gasteiger partial charge in [0.1, 0.15) is 5.75 Å². The number of anilines is 1. The predicted octanol–water partition coefficient (Wildman–Crippen LogP) is 6.02. The largest absolute Gasteiger partial charge is 0.497 e. The molecule has 8 heteroatoms. The summed E-state index contributed by atoms with van der Waals surface area (Å²) < 4.78 is 7.26. The quantitative estimate of drug-likeness (QED) is 0.329. The Labute approximate surface area is 202 Å². The lowest BCUT2D eigenvalue weighted by Crippen LogP contribution is -2.22. The van der Waals surface area contributed by atoms with Crippen molar-refractivity contribution < 1.29 is 9.53 Å². The van der Waals surface area contributed by atoms with E-state index in [1.807, 2.05) is 60.9 Å². The van der Waals surface area contributed by atoms with Crippen molar-refractivity contribution in [3.63, 3.8) is 0 Å². The van der Waals surface area contributed by atoms with Crippen LogP contribution in [0.1, 0.15) is 12.5 Å². The molecule has 4 rings (SSSR count). The highest BCUT2D eigenvalue weighted by atomic mass is 35.5. The van der Waals surface area contributed by atoms with Crippen LogP contribution in [0.25, 0.3) is 17.1 Å². The molecule has 0 aliphatic heterocycles. The van der Waals surface area contributed by atoms with E-state index in [0.29, 0.717) is 21.7 Å². The maximum atomic E-state index is 12.8. The number of ether oxygens (including phenoxy) is 1. The van der Waals surface area contributed by atoms with Gasteiger partial charge in [-0.3, -0.25) is 9.36 Å². The molecule has 168 valence electrons. The van der Waals surface area contributed by atoms with E-state index >= 15 is 0 Å². The molecule has 0 fully saturated rings. The molecule has 33 heavy (non-hydrogen) atoms. The molecule has 1 aromatic heterocycles. The molecule has 0 saturated heterocycles. The molecule has 1 N–H and O–H groups in total. The van der Waals surface area contributed by atoms with Gasteiger partial charge in [0.25, 0.3) is 0 Å². The zero-order valence-corrected chi connectivity index (χ0v) is 20.0. The predicted molar refractivity (Wildman–Crippen MR) is 133 cm³/mol. The average molecular weight is 479 g/mol. The summed E-state index contributed by atoms with van der Waals surface area (Å²) in [7, 11) is 1.63. The number of aryl methyl sites for hydroxylation is 1. The molecule has 0 spiro atoms. The van der Waals surface area contributed by atoms with Crippen LogP contribution in [0.15, 0.2) is 78.0 Å². The summed E-state index contributed by atoms with van der Waals surface area (Å²) in [6.45, 7) is 3.87. The van der Waals surface area contributed by atoms with Crippen LogP contribution in [-0.4, -0.2) is 33.0 Å². The highest BCUT2D eigenvalue weighted by molar-refractivity contribution is 8.00. The Morgan fingerprint density at radius 2 is 1.82 bits per heavy atom. The van der Waals surface area contributed by atoms with Gasteiger partial charge >= 0.3 is 0 Å². The van der Waals surface area contributed by atoms with Gasteiger partial charge in [-0.1, -0.05) is 53.2 Å². The number of hydrogen-bond donors (Lipinski definition) is 1. The third-order valence-corrected chi connectivity index (χ3v) is 6.26. The number of benzene rings is 3. The van der Waals surface area contributed by atoms with Gasteiger partial charge in [-0.25, -0.2) is 0 Å². The van der Waals surface area contributed by atoms with E-state index in [2.05, 4.69) is 21.6 Å². The molecular formula is C25H23ClN4O2S. The van der Waals surface area contributed by atoms with Gasteiger partial charge in [0.05, 0.1) is 12.4 Å². The Kier molecular flexibility index (Phi) is 7.01. The molecule has 0 aliphatic rings. The Bertz CT molecular complexity index is 1270. The Morgan fingerprint density at radius 3 is 2.52 bits per heavy atom. The lowest BCUT2D eigenvalue weighted by atomic mass is 10.1. The van der Waals surface area contributed by atoms with Gasteiger partial charge in [0, 0.05) is 22.0 Å². The maximum Gasteiger partial charge on any atom is 0.237 e. The number of thioether (sulfide) groups is 1. The van der Waals surface area contributed by atoms with E-state index < -0.39 is 5.25 Å². The van der Waals surface area contributed by atoms with Crippen molar-refractivity contribution in [2.45, 2.75) is 24.3 Å². The lowest BCUT2D eigenvalue weighted by Gasteiger charge is -2.14. The number of halogens is 1. The summed E-state index contributed by atoms with van der Waals surface area (Å²) >= 11 is 7.37. The molecule has 1 unspecified atom stereocenters. The van der Waals surface area contributed by atoms with E-state index in [4.69, 9.17) is 16.3 Å². The van der Waals surface area contributed by atoms with E-state index in [-0.39, 0.29) is 5.91 Å². The van der Waals surface area contributed by atoms with Crippen molar-refractivity contribution in [2.24, 2.45) is 0 Å². The SMILES string of the molecule is COc1ccc(-n2c(SC(C)C(=O)Nc3cccc(Cl)c3)nnc2-c2cccc(C)c2)cc1. The molecule has 0 aliphatic carbocycles. The van der Waals surface area contributed by atoms with Crippen molar-refractivity contribution in [3.8, 4) is 22.8 Å². The number of amides is 1. The van der Waals surface area contributed by atoms with E-state index in [1.165, 1.54) is 11.8 Å². The second-order valence-corrected chi connectivity index (χ2v) is 9.21. The molecule has 1 amide bonds. The molecule has 0 bridgehead atoms. The maximum absolute atomic E-state index is 12.8. The van der Waals surface area contributed by atoms with E-state index in [1.54, 1.807) is 31.4 Å². The summed E-state index contributed by atoms with van der Waals surface area (Å²) in [4.78, 5) is 12.8. The van der Waals surface area contributed by atoms with Gasteiger partial charge in [-0.2, -0.15) is 0 Å². The van der Waals surface area contributed by atoms with Crippen molar-refractivity contribution in [1.29, 1.82) is 0 Å². The fourth-order valence-corrected chi connectivity index (χ4v) is 4.36. The standard InChI is InChI=1S/C25H23ClN4O2S/c1-16-6-4-7-18(14-16)23-28-29-25(30(23)21-10-12-22(32-3)13-11-21)33-17(2)24(31)27-20-9-5-8-19(26)15-20/h4-15,17H,1-3H3,(H,27,31). The number of methoxy groups -OCH3 is 1. The van der Waals surface area contributed by atoms with E-state index in [0.717, 1.165) is 22.6 Å². The van der Waals surface area contributed by atoms with Crippen LogP contribution in [0.2, 0.25) is 5.02 Å². The van der Waals surface area contributed by atoms with Gasteiger partial charge in [-0.15, -0.1) is 10.2 Å². The summed E-state index contributed by atoms with van der Waals surface area (Å²) in [6.07, 6.45) is 0. The number of nitrogens with one attached hydrogen (secondary N) is 1. The smallest absolute Gasteiger partial charge is 0.237 e. The van der Waals surface area contributed by atoms with Crippen molar-refractivity contribution >= 4 is 35.0 Å². The number of rotatable bonds is 7. The topological polar surface area (TPSA) is 69.0 Å². The van der Waals surface area contributed by atoms with Crippen LogP contribution in [0.5, 0.6) is 5.75 Å². The highest BCUT2D eigenvalue weighted by Gasteiger charge is 2.22. The summed E-state index contributed by atoms with van der Waals surface area (Å²) in [5, 5.41) is 12.6. The number of hydrogen-bond acceptors (Lipinski definition) is 5. The van der Waals surface area contributed by atoms with Crippen molar-refractivity contribution in [3.05, 3.63) is 83.4 Å². The minimum atomic E-state index is -0.421. The minimum Gasteiger partial charge on any atom is -0.497 e. The number of aromatic nitrogens is 3. The number of nitrogens with zero attached hydrogens (tertiary/aromatic N) is 3. The molecule has 1 atom stereocenters. The van der Waals surface area contributed by atoms with Crippen LogP contribution >= 0.6 is 23.4 Å². The van der Waals surface area contributed by atoms with Gasteiger partial charge in [-0.05, 0) is 62.4 Å². The monoisotopic (exact) mass is 478 g/mol. The van der Waals surface area contributed by atoms with Gasteiger partial charge < -0.3 is 10.1 Å². The Morgan fingerprint density at radius 1 is 1.06 bits per heavy atom. The zero-order chi connectivity index (χ0) is 23.4. The first-order valence-electron chi connectivity index (χ1n) is 10.3. The molecule has 3 aromatic carbocycles. The van der Waals surface area contributed by atoms with Gasteiger partial charge in [0.2, 0.25) is 5.91 Å². The number of carbonyl (C=O) groups excluding carboxylic acids is 1. The first kappa shape index (κ1) is 22.9. The second kappa shape index (κ2) is 10.1. The first-order valence-corrected chi connectivity index (χ1v) is 11.6. The van der Waals surface area contributed by atoms with Crippen molar-refractivity contribution in [1.82, 2.24) is 14.8 Å². The lowest BCUT2D eigenvalue weighted by molar-refractivity contribution is -0.115. The molecule has 4 aromatic rings. The molecule has 0 saturated carbocycles. The Balaban J connectivity index is 1.66. The summed E-state index contributed by atoms with van der Waals surface area (Å²) in [6, 6.07) is 22.8. The van der Waals surface area contributed by atoms with Crippen LogP contribution in [-0.2, 0) is 4.79 Å². The first-order chi connectivity index (χ1) is 15.9. The third-order valence-electron chi connectivity index (χ3n) is 4.98. The molecule has 0 radical (unpaired) electrons. The average Bonchev–Trinajstić information content (AvgIpc) is 3.22. The van der Waals surface area contributed by atoms with Crippen LogP contribution in [0.3, 0.4) is 0 Å².